The summed E-state index contributed by atoms with van der Waals surface area (Å²) in [5.74, 6) is -0.324. The molecule has 3 rings (SSSR count). The molecule has 0 aliphatic carbocycles. The number of aryl methyl sites for hydroxylation is 1. The van der Waals surface area contributed by atoms with Gasteiger partial charge in [-0.15, -0.1) is 0 Å². The lowest BCUT2D eigenvalue weighted by Gasteiger charge is -2.04. The van der Waals surface area contributed by atoms with Gasteiger partial charge in [-0.1, -0.05) is 24.2 Å². The van der Waals surface area contributed by atoms with Crippen molar-refractivity contribution in [1.29, 1.82) is 0 Å². The Labute approximate surface area is 123 Å². The van der Waals surface area contributed by atoms with Crippen LogP contribution in [0, 0.1) is 12.7 Å². The predicted octanol–water partition coefficient (Wildman–Crippen LogP) is 0.733. The second-order valence-electron chi connectivity index (χ2n) is 4.50. The van der Waals surface area contributed by atoms with Gasteiger partial charge in [-0.05, 0) is 25.1 Å². The van der Waals surface area contributed by atoms with E-state index in [9.17, 15) is 9.18 Å². The van der Waals surface area contributed by atoms with Gasteiger partial charge in [0, 0.05) is 5.56 Å². The number of aromatic nitrogens is 4. The zero-order valence-corrected chi connectivity index (χ0v) is 11.8. The number of H-pyrrole nitrogens is 1. The third-order valence-corrected chi connectivity index (χ3v) is 3.42. The van der Waals surface area contributed by atoms with E-state index in [4.69, 9.17) is 11.6 Å². The van der Waals surface area contributed by atoms with Crippen LogP contribution in [0.3, 0.4) is 0 Å². The number of fused-ring (bicyclic) bond motifs is 1. The highest BCUT2D eigenvalue weighted by atomic mass is 35.5. The topological polar surface area (TPSA) is 63.6 Å². The number of imidazole rings is 1. The number of benzene rings is 1. The Balaban J connectivity index is 2.39. The van der Waals surface area contributed by atoms with E-state index in [2.05, 4.69) is 21.6 Å². The molecule has 7 heteroatoms. The molecule has 0 unspecified atom stereocenters. The van der Waals surface area contributed by atoms with Crippen LogP contribution < -0.4 is 16.3 Å². The Morgan fingerprint density at radius 3 is 2.90 bits per heavy atom. The van der Waals surface area contributed by atoms with Crippen LogP contribution >= 0.6 is 11.6 Å². The van der Waals surface area contributed by atoms with Crippen LogP contribution in [0.5, 0.6) is 0 Å². The summed E-state index contributed by atoms with van der Waals surface area (Å²) in [4.78, 5) is 19.9. The third kappa shape index (κ3) is 2.23. The number of aromatic amines is 1. The van der Waals surface area contributed by atoms with Crippen LogP contribution in [0.1, 0.15) is 11.3 Å². The molecule has 0 fully saturated rings. The smallest absolute Gasteiger partial charge is 0.290 e. The summed E-state index contributed by atoms with van der Waals surface area (Å²) < 4.78 is 15.2. The first-order chi connectivity index (χ1) is 9.97. The average molecular weight is 305 g/mol. The first kappa shape index (κ1) is 13.5. The standard InChI is InChI=1S/C14H10ClFN4O/c1-7-8(2)19-20-12(13(21)18-14(20)17-7)6-9-10(15)4-3-5-11(9)16/h3-6,19H,2H2,1H3/b12-6+. The lowest BCUT2D eigenvalue weighted by Crippen LogP contribution is -2.32. The number of hydrogen-bond acceptors (Lipinski definition) is 3. The molecule has 0 saturated carbocycles. The molecule has 0 atom stereocenters. The van der Waals surface area contributed by atoms with Crippen LogP contribution in [0.25, 0.3) is 18.6 Å². The molecule has 21 heavy (non-hydrogen) atoms. The molecule has 1 aromatic rings. The van der Waals surface area contributed by atoms with Crippen molar-refractivity contribution in [1.82, 2.24) is 19.7 Å². The Hall–Kier alpha value is -2.47. The Morgan fingerprint density at radius 2 is 2.19 bits per heavy atom. The molecule has 2 aliphatic heterocycles. The fraction of sp³-hybridized carbons (Fsp3) is 0.0714. The van der Waals surface area contributed by atoms with Crippen LogP contribution in [0.2, 0.25) is 5.02 Å². The quantitative estimate of drug-likeness (QED) is 0.721. The molecule has 0 amide bonds. The van der Waals surface area contributed by atoms with Gasteiger partial charge in [0.25, 0.3) is 11.5 Å². The summed E-state index contributed by atoms with van der Waals surface area (Å²) in [7, 11) is 0. The molecule has 0 aromatic heterocycles. The molecule has 2 heterocycles. The van der Waals surface area contributed by atoms with Gasteiger partial charge in [0.05, 0.1) is 16.1 Å². The molecule has 0 bridgehead atoms. The zero-order chi connectivity index (χ0) is 15.1. The number of halogens is 2. The summed E-state index contributed by atoms with van der Waals surface area (Å²) >= 11 is 5.97. The minimum atomic E-state index is -0.525. The predicted molar refractivity (Wildman–Crippen MR) is 77.7 cm³/mol. The summed E-state index contributed by atoms with van der Waals surface area (Å²) in [6.07, 6.45) is 1.34. The SMILES string of the molecule is C=c1[nH]n2/c(=C/c3c(F)cccc3Cl)c(=O)nc-2nc1C. The summed E-state index contributed by atoms with van der Waals surface area (Å²) in [5, 5.41) is 3.77. The number of rotatable bonds is 1. The fourth-order valence-electron chi connectivity index (χ4n) is 1.93. The van der Waals surface area contributed by atoms with Crippen molar-refractivity contribution < 1.29 is 4.39 Å². The normalized spacial score (nSPS) is 12.2. The van der Waals surface area contributed by atoms with Crippen molar-refractivity contribution in [3.8, 4) is 5.95 Å². The van der Waals surface area contributed by atoms with Crippen molar-refractivity contribution in [2.24, 2.45) is 0 Å². The number of nitrogens with zero attached hydrogens (tertiary/aromatic N) is 3. The van der Waals surface area contributed by atoms with Gasteiger partial charge < -0.3 is 0 Å². The molecule has 2 aliphatic rings. The Kier molecular flexibility index (Phi) is 3.10. The lowest BCUT2D eigenvalue weighted by molar-refractivity contribution is 0.625. The molecule has 106 valence electrons. The number of hydrogen-bond donors (Lipinski definition) is 1. The monoisotopic (exact) mass is 304 g/mol. The van der Waals surface area contributed by atoms with Gasteiger partial charge in [0.15, 0.2) is 0 Å². The Morgan fingerprint density at radius 1 is 1.43 bits per heavy atom. The van der Waals surface area contributed by atoms with Crippen molar-refractivity contribution in [2.45, 2.75) is 6.92 Å². The van der Waals surface area contributed by atoms with E-state index in [0.29, 0.717) is 11.0 Å². The highest BCUT2D eigenvalue weighted by Gasteiger charge is 2.13. The van der Waals surface area contributed by atoms with Crippen molar-refractivity contribution in [3.63, 3.8) is 0 Å². The van der Waals surface area contributed by atoms with Gasteiger partial charge in [-0.25, -0.2) is 14.1 Å². The molecular weight excluding hydrogens is 295 g/mol. The van der Waals surface area contributed by atoms with Crippen molar-refractivity contribution in [3.05, 3.63) is 61.3 Å². The first-order valence-corrected chi connectivity index (χ1v) is 6.45. The average Bonchev–Trinajstić information content (AvgIpc) is 2.70. The van der Waals surface area contributed by atoms with E-state index in [0.717, 1.165) is 0 Å². The molecule has 0 spiro atoms. The van der Waals surface area contributed by atoms with Crippen LogP contribution in [-0.2, 0) is 0 Å². The molecular formula is C14H10ClFN4O. The summed E-state index contributed by atoms with van der Waals surface area (Å²) in [6.45, 7) is 5.53. The van der Waals surface area contributed by atoms with Crippen molar-refractivity contribution >= 4 is 24.3 Å². The van der Waals surface area contributed by atoms with Gasteiger partial charge >= 0.3 is 0 Å². The minimum Gasteiger partial charge on any atom is -0.290 e. The molecule has 5 nitrogen and oxygen atoms in total. The second-order valence-corrected chi connectivity index (χ2v) is 4.91. The fourth-order valence-corrected chi connectivity index (χ4v) is 2.15. The number of nitrogens with one attached hydrogen (secondary N) is 1. The van der Waals surface area contributed by atoms with Crippen LogP contribution in [0.15, 0.2) is 23.0 Å². The summed E-state index contributed by atoms with van der Waals surface area (Å²) in [5.41, 5.74) is 0.226. The van der Waals surface area contributed by atoms with E-state index >= 15 is 0 Å². The van der Waals surface area contributed by atoms with E-state index in [1.54, 1.807) is 13.0 Å². The highest BCUT2D eigenvalue weighted by molar-refractivity contribution is 6.32. The maximum absolute atomic E-state index is 13.8. The largest absolute Gasteiger partial charge is 0.299 e. The van der Waals surface area contributed by atoms with Gasteiger partial charge in [0.2, 0.25) is 0 Å². The molecule has 1 N–H and O–H groups in total. The van der Waals surface area contributed by atoms with Gasteiger partial charge in [0.1, 0.15) is 11.2 Å². The summed E-state index contributed by atoms with van der Waals surface area (Å²) in [6, 6.07) is 4.31. The Bertz CT molecular complexity index is 955. The third-order valence-electron chi connectivity index (χ3n) is 3.09. The lowest BCUT2D eigenvalue weighted by atomic mass is 10.2. The molecule has 0 radical (unpaired) electrons. The van der Waals surface area contributed by atoms with E-state index < -0.39 is 11.4 Å². The van der Waals surface area contributed by atoms with Gasteiger partial charge in [-0.3, -0.25) is 9.89 Å². The first-order valence-electron chi connectivity index (χ1n) is 6.07. The maximum atomic E-state index is 13.8. The highest BCUT2D eigenvalue weighted by Crippen LogP contribution is 2.19. The van der Waals surface area contributed by atoms with Gasteiger partial charge in [-0.2, -0.15) is 4.98 Å². The zero-order valence-electron chi connectivity index (χ0n) is 11.0. The molecule has 0 saturated heterocycles. The van der Waals surface area contributed by atoms with Crippen LogP contribution in [-0.4, -0.2) is 19.7 Å². The van der Waals surface area contributed by atoms with Crippen molar-refractivity contribution in [2.75, 3.05) is 0 Å². The maximum Gasteiger partial charge on any atom is 0.299 e. The van der Waals surface area contributed by atoms with Crippen LogP contribution in [0.4, 0.5) is 4.39 Å². The minimum absolute atomic E-state index is 0.123. The molecule has 1 aromatic carbocycles. The van der Waals surface area contributed by atoms with E-state index in [1.165, 1.54) is 22.9 Å². The second kappa shape index (κ2) is 4.82. The van der Waals surface area contributed by atoms with E-state index in [-0.39, 0.29) is 21.9 Å². The van der Waals surface area contributed by atoms with E-state index in [1.807, 2.05) is 0 Å².